The summed E-state index contributed by atoms with van der Waals surface area (Å²) in [5.74, 6) is -0.374. The van der Waals surface area contributed by atoms with E-state index in [0.29, 0.717) is 24.3 Å². The van der Waals surface area contributed by atoms with Gasteiger partial charge in [0.1, 0.15) is 0 Å². The number of carbonyl (C=O) groups excluding carboxylic acids is 1. The molecular formula is C24H29NO4S. The van der Waals surface area contributed by atoms with Crippen molar-refractivity contribution in [1.29, 1.82) is 0 Å². The molecule has 2 aromatic carbocycles. The van der Waals surface area contributed by atoms with Crippen LogP contribution in [-0.4, -0.2) is 27.0 Å². The van der Waals surface area contributed by atoms with E-state index >= 15 is 0 Å². The number of fused-ring (bicyclic) bond motifs is 1. The van der Waals surface area contributed by atoms with E-state index in [1.165, 1.54) is 6.08 Å². The van der Waals surface area contributed by atoms with E-state index in [1.54, 1.807) is 25.1 Å². The fourth-order valence-electron chi connectivity index (χ4n) is 3.78. The lowest BCUT2D eigenvalue weighted by atomic mass is 9.87. The quantitative estimate of drug-likeness (QED) is 0.559. The summed E-state index contributed by atoms with van der Waals surface area (Å²) in [5, 5.41) is 0. The number of nitrogens with one attached hydrogen (secondary N) is 1. The van der Waals surface area contributed by atoms with Gasteiger partial charge in [0.15, 0.2) is 0 Å². The van der Waals surface area contributed by atoms with Crippen molar-refractivity contribution in [3.05, 3.63) is 70.8 Å². The summed E-state index contributed by atoms with van der Waals surface area (Å²) < 4.78 is 34.1. The van der Waals surface area contributed by atoms with Crippen LogP contribution in [-0.2, 0) is 37.8 Å². The van der Waals surface area contributed by atoms with Crippen molar-refractivity contribution in [3.8, 4) is 0 Å². The average molecular weight is 428 g/mol. The first-order valence-corrected chi connectivity index (χ1v) is 11.7. The van der Waals surface area contributed by atoms with Crippen LogP contribution in [0.1, 0.15) is 49.9 Å². The van der Waals surface area contributed by atoms with Gasteiger partial charge in [0, 0.05) is 12.1 Å². The van der Waals surface area contributed by atoms with E-state index in [1.807, 2.05) is 51.1 Å². The molecule has 1 aliphatic carbocycles. The minimum atomic E-state index is -3.64. The zero-order valence-electron chi connectivity index (χ0n) is 17.9. The average Bonchev–Trinajstić information content (AvgIpc) is 3.06. The minimum Gasteiger partial charge on any atom is -0.463 e. The van der Waals surface area contributed by atoms with E-state index < -0.39 is 10.0 Å². The monoisotopic (exact) mass is 427 g/mol. The van der Waals surface area contributed by atoms with Crippen LogP contribution in [0.15, 0.2) is 53.4 Å². The van der Waals surface area contributed by atoms with Gasteiger partial charge in [0.2, 0.25) is 10.0 Å². The summed E-state index contributed by atoms with van der Waals surface area (Å²) in [7, 11) is -3.64. The van der Waals surface area contributed by atoms with Crippen molar-refractivity contribution in [3.63, 3.8) is 0 Å². The van der Waals surface area contributed by atoms with Crippen LogP contribution in [0.25, 0.3) is 6.08 Å². The summed E-state index contributed by atoms with van der Waals surface area (Å²) in [5.41, 5.74) is 3.64. The number of ether oxygens (including phenoxy) is 1. The lowest BCUT2D eigenvalue weighted by molar-refractivity contribution is -0.137. The summed E-state index contributed by atoms with van der Waals surface area (Å²) in [6.07, 6.45) is 4.39. The first-order chi connectivity index (χ1) is 14.1. The Morgan fingerprint density at radius 1 is 1.13 bits per heavy atom. The lowest BCUT2D eigenvalue weighted by Gasteiger charge is -2.23. The number of hydrogen-bond acceptors (Lipinski definition) is 4. The lowest BCUT2D eigenvalue weighted by Crippen LogP contribution is -2.36. The summed E-state index contributed by atoms with van der Waals surface area (Å²) in [4.78, 5) is 11.8. The highest BCUT2D eigenvalue weighted by Gasteiger charge is 2.30. The highest BCUT2D eigenvalue weighted by molar-refractivity contribution is 7.89. The molecule has 0 fully saturated rings. The van der Waals surface area contributed by atoms with Gasteiger partial charge >= 0.3 is 5.97 Å². The summed E-state index contributed by atoms with van der Waals surface area (Å²) in [6.45, 7) is 8.14. The molecule has 0 amide bonds. The molecule has 1 atom stereocenters. The topological polar surface area (TPSA) is 72.5 Å². The zero-order chi connectivity index (χ0) is 21.9. The van der Waals surface area contributed by atoms with Gasteiger partial charge in [-0.3, -0.25) is 0 Å². The number of sulfonamides is 1. The third-order valence-electron chi connectivity index (χ3n) is 5.17. The Morgan fingerprint density at radius 3 is 2.53 bits per heavy atom. The molecule has 3 rings (SSSR count). The molecule has 0 saturated heterocycles. The minimum absolute atomic E-state index is 0.192. The van der Waals surface area contributed by atoms with Crippen LogP contribution >= 0.6 is 0 Å². The van der Waals surface area contributed by atoms with Crippen LogP contribution < -0.4 is 4.72 Å². The second-order valence-corrected chi connectivity index (χ2v) is 10.3. The Balaban J connectivity index is 1.75. The molecule has 0 heterocycles. The third kappa shape index (κ3) is 5.18. The second-order valence-electron chi connectivity index (χ2n) is 8.59. The van der Waals surface area contributed by atoms with E-state index in [2.05, 4.69) is 4.72 Å². The fourth-order valence-corrected chi connectivity index (χ4v) is 5.44. The molecule has 6 heteroatoms. The first kappa shape index (κ1) is 22.2. The second kappa shape index (κ2) is 8.74. The smallest absolute Gasteiger partial charge is 0.330 e. The fraction of sp³-hybridized carbons (Fsp3) is 0.375. The first-order valence-electron chi connectivity index (χ1n) is 10.2. The molecule has 0 bridgehead atoms. The van der Waals surface area contributed by atoms with Gasteiger partial charge in [-0.2, -0.15) is 0 Å². The maximum atomic E-state index is 13.1. The molecule has 30 heavy (non-hydrogen) atoms. The Labute approximate surface area is 179 Å². The maximum absolute atomic E-state index is 13.1. The molecule has 0 aliphatic heterocycles. The Bertz CT molecular complexity index is 1060. The van der Waals surface area contributed by atoms with Crippen molar-refractivity contribution in [2.45, 2.75) is 56.9 Å². The third-order valence-corrected chi connectivity index (χ3v) is 6.75. The predicted octanol–water partition coefficient (Wildman–Crippen LogP) is 4.01. The van der Waals surface area contributed by atoms with Crippen molar-refractivity contribution < 1.29 is 17.9 Å². The normalized spacial score (nSPS) is 16.6. The highest BCUT2D eigenvalue weighted by atomic mass is 32.2. The number of carbonyl (C=O) groups is 1. The standard InChI is InChI=1S/C24H29NO4S/c1-5-29-23(26)13-11-17-10-12-18-15-20(16-19(18)14-17)25-30(27,28)22-9-7-6-8-21(22)24(2,3)4/h6-14,20,25H,5,15-16H2,1-4H3. The molecule has 0 saturated carbocycles. The number of rotatable bonds is 6. The molecule has 0 radical (unpaired) electrons. The number of esters is 1. The molecule has 0 spiro atoms. The SMILES string of the molecule is CCOC(=O)C=Cc1ccc2c(c1)CC(NS(=O)(=O)c1ccccc1C(C)(C)C)C2. The van der Waals surface area contributed by atoms with Gasteiger partial charge in [-0.15, -0.1) is 0 Å². The molecular weight excluding hydrogens is 398 g/mol. The largest absolute Gasteiger partial charge is 0.463 e. The summed E-state index contributed by atoms with van der Waals surface area (Å²) in [6, 6.07) is 12.9. The number of hydrogen-bond donors (Lipinski definition) is 1. The Kier molecular flexibility index (Phi) is 6.48. The molecule has 0 aromatic heterocycles. The van der Waals surface area contributed by atoms with Crippen molar-refractivity contribution >= 4 is 22.1 Å². The van der Waals surface area contributed by atoms with Crippen LogP contribution in [0.4, 0.5) is 0 Å². The van der Waals surface area contributed by atoms with Crippen LogP contribution in [0.3, 0.4) is 0 Å². The molecule has 160 valence electrons. The summed E-state index contributed by atoms with van der Waals surface area (Å²) >= 11 is 0. The Hall–Kier alpha value is -2.44. The number of benzene rings is 2. The van der Waals surface area contributed by atoms with E-state index in [-0.39, 0.29) is 17.4 Å². The predicted molar refractivity (Wildman–Crippen MR) is 119 cm³/mol. The van der Waals surface area contributed by atoms with Gasteiger partial charge in [-0.1, -0.05) is 57.2 Å². The van der Waals surface area contributed by atoms with Crippen LogP contribution in [0, 0.1) is 0 Å². The van der Waals surface area contributed by atoms with Crippen LogP contribution in [0.5, 0.6) is 0 Å². The molecule has 1 N–H and O–H groups in total. The van der Waals surface area contributed by atoms with Gasteiger partial charge < -0.3 is 4.74 Å². The van der Waals surface area contributed by atoms with E-state index in [0.717, 1.165) is 22.3 Å². The van der Waals surface area contributed by atoms with Gasteiger partial charge in [0.05, 0.1) is 11.5 Å². The van der Waals surface area contributed by atoms with Gasteiger partial charge in [0.25, 0.3) is 0 Å². The van der Waals surface area contributed by atoms with Crippen molar-refractivity contribution in [2.75, 3.05) is 6.61 Å². The highest BCUT2D eigenvalue weighted by Crippen LogP contribution is 2.30. The molecule has 1 unspecified atom stereocenters. The van der Waals surface area contributed by atoms with Gasteiger partial charge in [-0.05, 0) is 59.6 Å². The van der Waals surface area contributed by atoms with Crippen molar-refractivity contribution in [2.24, 2.45) is 0 Å². The van der Waals surface area contributed by atoms with Gasteiger partial charge in [-0.25, -0.2) is 17.9 Å². The van der Waals surface area contributed by atoms with E-state index in [4.69, 9.17) is 4.74 Å². The Morgan fingerprint density at radius 2 is 1.83 bits per heavy atom. The van der Waals surface area contributed by atoms with E-state index in [9.17, 15) is 13.2 Å². The van der Waals surface area contributed by atoms with Crippen molar-refractivity contribution in [1.82, 2.24) is 4.72 Å². The molecule has 5 nitrogen and oxygen atoms in total. The molecule has 1 aliphatic rings. The van der Waals surface area contributed by atoms with Crippen LogP contribution in [0.2, 0.25) is 0 Å². The molecule has 2 aromatic rings. The zero-order valence-corrected chi connectivity index (χ0v) is 18.8. The maximum Gasteiger partial charge on any atom is 0.330 e.